The van der Waals surface area contributed by atoms with Crippen molar-refractivity contribution in [2.24, 2.45) is 5.73 Å². The maximum Gasteiger partial charge on any atom is 0.225 e. The number of pyridine rings is 1. The summed E-state index contributed by atoms with van der Waals surface area (Å²) in [6, 6.07) is 47.4. The molecule has 2 unspecified atom stereocenters. The van der Waals surface area contributed by atoms with E-state index in [-0.39, 0.29) is 5.91 Å². The van der Waals surface area contributed by atoms with E-state index in [1.54, 1.807) is 0 Å². The third-order valence-electron chi connectivity index (χ3n) is 10.6. The lowest BCUT2D eigenvalue weighted by atomic mass is 9.68. The van der Waals surface area contributed by atoms with E-state index >= 15 is 0 Å². The van der Waals surface area contributed by atoms with Crippen molar-refractivity contribution in [3.8, 4) is 11.3 Å². The molecule has 232 valence electrons. The molecule has 2 heterocycles. The number of hydrogen-bond donors (Lipinski definition) is 1. The van der Waals surface area contributed by atoms with Gasteiger partial charge in [-0.3, -0.25) is 4.79 Å². The number of nitrogens with two attached hydrogens (primary N) is 1. The molecule has 0 aromatic heterocycles. The fourth-order valence-corrected chi connectivity index (χ4v) is 8.33. The van der Waals surface area contributed by atoms with Crippen molar-refractivity contribution < 1.29 is 4.79 Å². The standard InChI is InChI=1S/C44H35N3O/c45-43(48)39-27-44(25-30-11-5-2-6-12-30,47-22-21-36-35-13-7-8-14-40(35)46-41(36)28-47)26-33-18-19-34-37(42(33)39)20-17-32-16-15-31(24-38(32)34)23-29-9-3-1-4-10-29/h1-22,24,28,39H,23,25-27H2,(H2,45,48). The van der Waals surface area contributed by atoms with E-state index in [1.165, 1.54) is 38.4 Å². The number of rotatable bonds is 6. The molecule has 1 amide bonds. The van der Waals surface area contributed by atoms with Crippen molar-refractivity contribution in [3.05, 3.63) is 174 Å². The number of primary amides is 1. The van der Waals surface area contributed by atoms with Crippen molar-refractivity contribution in [1.29, 1.82) is 0 Å². The summed E-state index contributed by atoms with van der Waals surface area (Å²) < 4.78 is 2.33. The predicted molar refractivity (Wildman–Crippen MR) is 195 cm³/mol. The quantitative estimate of drug-likeness (QED) is 0.188. The summed E-state index contributed by atoms with van der Waals surface area (Å²) in [5.74, 6) is -0.723. The molecule has 4 nitrogen and oxygen atoms in total. The molecule has 0 radical (unpaired) electrons. The number of benzene rings is 6. The van der Waals surface area contributed by atoms with Crippen LogP contribution in [0.15, 0.2) is 146 Å². The topological polar surface area (TPSA) is 60.9 Å². The first-order chi connectivity index (χ1) is 23.5. The minimum atomic E-state index is -0.444. The first kappa shape index (κ1) is 28.5. The Morgan fingerprint density at radius 3 is 2.27 bits per heavy atom. The SMILES string of the molecule is NC(=O)C1CC(Cc2ccccc2)(n2ccc3c4ccccc4nc-3c2)Cc2ccc3c(ccc4ccc(Cc5ccccc5)cc43)c21. The van der Waals surface area contributed by atoms with Gasteiger partial charge in [-0.15, -0.1) is 0 Å². The van der Waals surface area contributed by atoms with Crippen molar-refractivity contribution in [3.63, 3.8) is 0 Å². The summed E-state index contributed by atoms with van der Waals surface area (Å²) >= 11 is 0. The van der Waals surface area contributed by atoms with Gasteiger partial charge < -0.3 is 10.3 Å². The van der Waals surface area contributed by atoms with Crippen molar-refractivity contribution in [1.82, 2.24) is 9.55 Å². The van der Waals surface area contributed by atoms with Gasteiger partial charge in [-0.1, -0.05) is 121 Å². The van der Waals surface area contributed by atoms with Gasteiger partial charge in [0.05, 0.1) is 22.7 Å². The highest BCUT2D eigenvalue weighted by molar-refractivity contribution is 6.10. The molecule has 6 aromatic carbocycles. The molecule has 2 N–H and O–H groups in total. The van der Waals surface area contributed by atoms with E-state index in [2.05, 4.69) is 144 Å². The molecule has 0 fully saturated rings. The van der Waals surface area contributed by atoms with Gasteiger partial charge in [0.2, 0.25) is 5.91 Å². The van der Waals surface area contributed by atoms with Crippen LogP contribution in [-0.2, 0) is 29.6 Å². The Bertz CT molecular complexity index is 2450. The van der Waals surface area contributed by atoms with Gasteiger partial charge in [-0.05, 0) is 87.2 Å². The number of aromatic nitrogens is 2. The molecule has 2 aliphatic heterocycles. The van der Waals surface area contributed by atoms with Crippen molar-refractivity contribution >= 4 is 38.4 Å². The predicted octanol–water partition coefficient (Wildman–Crippen LogP) is 9.19. The van der Waals surface area contributed by atoms with E-state index in [0.29, 0.717) is 6.42 Å². The second kappa shape index (κ2) is 11.2. The summed E-state index contributed by atoms with van der Waals surface area (Å²) in [5, 5.41) is 5.86. The van der Waals surface area contributed by atoms with Gasteiger partial charge in [0.1, 0.15) is 0 Å². The van der Waals surface area contributed by atoms with E-state index in [4.69, 9.17) is 10.7 Å². The van der Waals surface area contributed by atoms with Crippen LogP contribution in [0.5, 0.6) is 0 Å². The van der Waals surface area contributed by atoms with Crippen LogP contribution in [0.1, 0.15) is 40.2 Å². The molecule has 2 atom stereocenters. The lowest BCUT2D eigenvalue weighted by Gasteiger charge is -2.44. The van der Waals surface area contributed by atoms with Crippen LogP contribution in [0.25, 0.3) is 43.7 Å². The van der Waals surface area contributed by atoms with Gasteiger partial charge in [0, 0.05) is 23.3 Å². The number of carbonyl (C=O) groups excluding carboxylic acids is 1. The van der Waals surface area contributed by atoms with Crippen LogP contribution in [0.4, 0.5) is 0 Å². The molecular weight excluding hydrogens is 587 g/mol. The second-order valence-electron chi connectivity index (χ2n) is 13.5. The molecule has 4 heteroatoms. The van der Waals surface area contributed by atoms with Crippen molar-refractivity contribution in [2.75, 3.05) is 0 Å². The van der Waals surface area contributed by atoms with Crippen LogP contribution in [0, 0.1) is 0 Å². The van der Waals surface area contributed by atoms with Crippen LogP contribution >= 0.6 is 0 Å². The average molecular weight is 622 g/mol. The molecule has 0 bridgehead atoms. The van der Waals surface area contributed by atoms with Crippen molar-refractivity contribution in [2.45, 2.75) is 37.1 Å². The van der Waals surface area contributed by atoms with E-state index in [9.17, 15) is 4.79 Å². The monoisotopic (exact) mass is 621 g/mol. The van der Waals surface area contributed by atoms with E-state index < -0.39 is 11.5 Å². The zero-order chi connectivity index (χ0) is 32.2. The second-order valence-corrected chi connectivity index (χ2v) is 13.5. The number of nitrogens with zero attached hydrogens (tertiary/aromatic N) is 2. The minimum Gasteiger partial charge on any atom is -0.369 e. The molecule has 1 aliphatic carbocycles. The Balaban J connectivity index is 1.21. The van der Waals surface area contributed by atoms with Crippen LogP contribution in [0.3, 0.4) is 0 Å². The van der Waals surface area contributed by atoms with Crippen LogP contribution in [-0.4, -0.2) is 15.5 Å². The van der Waals surface area contributed by atoms with Gasteiger partial charge in [0.15, 0.2) is 0 Å². The summed E-state index contributed by atoms with van der Waals surface area (Å²) in [7, 11) is 0. The molecule has 9 rings (SSSR count). The maximum atomic E-state index is 13.6. The highest BCUT2D eigenvalue weighted by Crippen LogP contribution is 2.47. The zero-order valence-corrected chi connectivity index (χ0v) is 26.6. The lowest BCUT2D eigenvalue weighted by molar-refractivity contribution is -0.120. The first-order valence-electron chi connectivity index (χ1n) is 16.8. The van der Waals surface area contributed by atoms with Gasteiger partial charge in [0.25, 0.3) is 0 Å². The Kier molecular flexibility index (Phi) is 6.65. The Labute approximate surface area is 279 Å². The Morgan fingerprint density at radius 2 is 1.46 bits per heavy atom. The summed E-state index contributed by atoms with van der Waals surface area (Å²) in [5.41, 5.74) is 15.1. The third kappa shape index (κ3) is 4.75. The number of amides is 1. The smallest absolute Gasteiger partial charge is 0.225 e. The summed E-state index contributed by atoms with van der Waals surface area (Å²) in [4.78, 5) is 18.6. The highest BCUT2D eigenvalue weighted by Gasteiger charge is 2.43. The first-order valence-corrected chi connectivity index (χ1v) is 16.8. The average Bonchev–Trinajstić information content (AvgIpc) is 3.50. The molecule has 0 saturated carbocycles. The molecular formula is C44H35N3O. The number of carbonyl (C=O) groups is 1. The Hall–Kier alpha value is -5.74. The van der Waals surface area contributed by atoms with Gasteiger partial charge in [-0.25, -0.2) is 4.98 Å². The van der Waals surface area contributed by atoms with Crippen LogP contribution < -0.4 is 5.73 Å². The highest BCUT2D eigenvalue weighted by atomic mass is 16.1. The van der Waals surface area contributed by atoms with E-state index in [0.717, 1.165) is 52.4 Å². The maximum absolute atomic E-state index is 13.6. The summed E-state index contributed by atoms with van der Waals surface area (Å²) in [6.07, 6.45) is 7.39. The molecule has 0 saturated heterocycles. The van der Waals surface area contributed by atoms with E-state index in [1.807, 2.05) is 6.07 Å². The number of fused-ring (bicyclic) bond motifs is 8. The minimum absolute atomic E-state index is 0.280. The van der Waals surface area contributed by atoms with Crippen LogP contribution in [0.2, 0.25) is 0 Å². The number of hydrogen-bond acceptors (Lipinski definition) is 2. The fourth-order valence-electron chi connectivity index (χ4n) is 8.33. The number of para-hydroxylation sites is 1. The molecule has 0 spiro atoms. The van der Waals surface area contributed by atoms with Gasteiger partial charge >= 0.3 is 0 Å². The van der Waals surface area contributed by atoms with Gasteiger partial charge in [-0.2, -0.15) is 0 Å². The fraction of sp³-hybridized carbons (Fsp3) is 0.136. The molecule has 3 aliphatic rings. The normalized spacial score (nSPS) is 17.6. The molecule has 48 heavy (non-hydrogen) atoms. The molecule has 6 aromatic rings. The Morgan fingerprint density at radius 1 is 0.729 bits per heavy atom. The third-order valence-corrected chi connectivity index (χ3v) is 10.6. The lowest BCUT2D eigenvalue weighted by Crippen LogP contribution is -2.45. The summed E-state index contributed by atoms with van der Waals surface area (Å²) in [6.45, 7) is 0. The largest absolute Gasteiger partial charge is 0.369 e. The zero-order valence-electron chi connectivity index (χ0n) is 26.6.